The van der Waals surface area contributed by atoms with E-state index < -0.39 is 0 Å². The van der Waals surface area contributed by atoms with Crippen LogP contribution in [0.25, 0.3) is 0 Å². The topological polar surface area (TPSA) is 22.0 Å². The van der Waals surface area contributed by atoms with Gasteiger partial charge in [0.25, 0.3) is 0 Å². The average Bonchev–Trinajstić information content (AvgIpc) is 2.48. The highest BCUT2D eigenvalue weighted by Gasteiger charge is 2.02. The monoisotopic (exact) mass is 161 g/mol. The molecule has 1 aromatic rings. The first-order valence-electron chi connectivity index (χ1n) is 3.81. The molecule has 2 heteroatoms. The summed E-state index contributed by atoms with van der Waals surface area (Å²) < 4.78 is 1.85. The first kappa shape index (κ1) is 8.61. The van der Waals surface area contributed by atoms with E-state index in [1.807, 2.05) is 16.8 Å². The molecule has 0 atom stereocenters. The molecule has 0 N–H and O–H groups in total. The molecule has 0 amide bonds. The van der Waals surface area contributed by atoms with E-state index >= 15 is 0 Å². The van der Waals surface area contributed by atoms with Crippen molar-refractivity contribution >= 4 is 5.78 Å². The molecular formula is C10H11NO. The number of nitrogens with zero attached hydrogens (tertiary/aromatic N) is 1. The van der Waals surface area contributed by atoms with Gasteiger partial charge in [-0.15, -0.1) is 5.92 Å². The molecule has 0 spiro atoms. The van der Waals surface area contributed by atoms with Crippen molar-refractivity contribution in [3.8, 4) is 11.8 Å². The van der Waals surface area contributed by atoms with Crippen molar-refractivity contribution in [1.82, 2.24) is 4.57 Å². The molecule has 0 unspecified atom stereocenters. The maximum atomic E-state index is 11.0. The van der Waals surface area contributed by atoms with Crippen LogP contribution in [0, 0.1) is 11.8 Å². The molecule has 0 aromatic carbocycles. The van der Waals surface area contributed by atoms with E-state index in [0.717, 1.165) is 5.69 Å². The van der Waals surface area contributed by atoms with Crippen molar-refractivity contribution < 1.29 is 4.79 Å². The molecule has 0 fully saturated rings. The maximum absolute atomic E-state index is 11.0. The van der Waals surface area contributed by atoms with Gasteiger partial charge in [-0.25, -0.2) is 0 Å². The lowest BCUT2D eigenvalue weighted by atomic mass is 10.3. The molecule has 0 saturated carbocycles. The highest BCUT2D eigenvalue weighted by molar-refractivity contribution is 5.92. The highest BCUT2D eigenvalue weighted by Crippen LogP contribution is 2.02. The lowest BCUT2D eigenvalue weighted by molar-refractivity contribution is 0.100. The predicted molar refractivity (Wildman–Crippen MR) is 47.9 cm³/mol. The van der Waals surface area contributed by atoms with Gasteiger partial charge < -0.3 is 4.57 Å². The number of hydrogen-bond acceptors (Lipinski definition) is 1. The summed E-state index contributed by atoms with van der Waals surface area (Å²) in [6.45, 7) is 3.95. The van der Waals surface area contributed by atoms with Crippen molar-refractivity contribution in [3.05, 3.63) is 24.0 Å². The minimum atomic E-state index is 0.0814. The summed E-state index contributed by atoms with van der Waals surface area (Å²) in [7, 11) is 0. The molecular weight excluding hydrogens is 150 g/mol. The molecule has 2 nitrogen and oxygen atoms in total. The Hall–Kier alpha value is -1.49. The van der Waals surface area contributed by atoms with Gasteiger partial charge in [0.1, 0.15) is 0 Å². The largest absolute Gasteiger partial charge is 0.333 e. The van der Waals surface area contributed by atoms with Gasteiger partial charge in [0.2, 0.25) is 0 Å². The van der Waals surface area contributed by atoms with Gasteiger partial charge in [-0.05, 0) is 19.1 Å². The molecule has 12 heavy (non-hydrogen) atoms. The smallest absolute Gasteiger partial charge is 0.176 e. The predicted octanol–water partition coefficient (Wildman–Crippen LogP) is 1.71. The van der Waals surface area contributed by atoms with Crippen LogP contribution in [-0.4, -0.2) is 10.4 Å². The van der Waals surface area contributed by atoms with E-state index in [1.54, 1.807) is 19.9 Å². The molecule has 1 rings (SSSR count). The zero-order valence-electron chi connectivity index (χ0n) is 7.29. The summed E-state index contributed by atoms with van der Waals surface area (Å²) in [5.74, 6) is 5.78. The molecule has 1 heterocycles. The van der Waals surface area contributed by atoms with E-state index in [1.165, 1.54) is 0 Å². The van der Waals surface area contributed by atoms with Crippen molar-refractivity contribution in [2.45, 2.75) is 20.4 Å². The van der Waals surface area contributed by atoms with Crippen LogP contribution in [0.5, 0.6) is 0 Å². The Labute approximate surface area is 72.2 Å². The summed E-state index contributed by atoms with van der Waals surface area (Å²) in [6, 6.07) is 3.66. The van der Waals surface area contributed by atoms with Crippen LogP contribution in [0.2, 0.25) is 0 Å². The summed E-state index contributed by atoms with van der Waals surface area (Å²) in [6.07, 6.45) is 1.86. The normalized spacial score (nSPS) is 8.83. The third-order valence-corrected chi connectivity index (χ3v) is 1.62. The zero-order valence-corrected chi connectivity index (χ0v) is 7.29. The van der Waals surface area contributed by atoms with Gasteiger partial charge in [0, 0.05) is 13.1 Å². The summed E-state index contributed by atoms with van der Waals surface area (Å²) in [5.41, 5.74) is 0.720. The van der Waals surface area contributed by atoms with Crippen LogP contribution in [0.15, 0.2) is 18.3 Å². The second kappa shape index (κ2) is 3.77. The van der Waals surface area contributed by atoms with Crippen LogP contribution >= 0.6 is 0 Å². The number of aromatic nitrogens is 1. The summed E-state index contributed by atoms with van der Waals surface area (Å²) in [4.78, 5) is 11.0. The second-order valence-electron chi connectivity index (χ2n) is 2.50. The molecule has 0 aliphatic heterocycles. The number of hydrogen-bond donors (Lipinski definition) is 0. The van der Waals surface area contributed by atoms with Crippen molar-refractivity contribution in [2.24, 2.45) is 0 Å². The highest BCUT2D eigenvalue weighted by atomic mass is 16.1. The number of rotatable bonds is 2. The number of carbonyl (C=O) groups is 1. The fourth-order valence-electron chi connectivity index (χ4n) is 1.04. The van der Waals surface area contributed by atoms with E-state index in [9.17, 15) is 4.79 Å². The lowest BCUT2D eigenvalue weighted by Gasteiger charge is -2.00. The quantitative estimate of drug-likeness (QED) is 0.478. The summed E-state index contributed by atoms with van der Waals surface area (Å²) >= 11 is 0. The fourth-order valence-corrected chi connectivity index (χ4v) is 1.04. The third-order valence-electron chi connectivity index (χ3n) is 1.62. The molecule has 0 radical (unpaired) electrons. The Morgan fingerprint density at radius 2 is 2.42 bits per heavy atom. The minimum absolute atomic E-state index is 0.0814. The van der Waals surface area contributed by atoms with Gasteiger partial charge in [0.15, 0.2) is 5.78 Å². The van der Waals surface area contributed by atoms with E-state index in [0.29, 0.717) is 6.54 Å². The van der Waals surface area contributed by atoms with Gasteiger partial charge in [-0.1, -0.05) is 5.92 Å². The zero-order chi connectivity index (χ0) is 8.97. The molecule has 1 aromatic heterocycles. The Morgan fingerprint density at radius 1 is 1.67 bits per heavy atom. The van der Waals surface area contributed by atoms with E-state index in [-0.39, 0.29) is 5.78 Å². The van der Waals surface area contributed by atoms with E-state index in [2.05, 4.69) is 11.8 Å². The third kappa shape index (κ3) is 1.76. The van der Waals surface area contributed by atoms with Gasteiger partial charge in [-0.3, -0.25) is 4.79 Å². The van der Waals surface area contributed by atoms with Gasteiger partial charge >= 0.3 is 0 Å². The second-order valence-corrected chi connectivity index (χ2v) is 2.50. The Bertz CT molecular complexity index is 338. The molecule has 0 aliphatic rings. The van der Waals surface area contributed by atoms with Crippen molar-refractivity contribution in [3.63, 3.8) is 0 Å². The molecule has 0 saturated heterocycles. The van der Waals surface area contributed by atoms with Crippen LogP contribution in [0.1, 0.15) is 24.3 Å². The molecule has 62 valence electrons. The van der Waals surface area contributed by atoms with Crippen LogP contribution in [0.4, 0.5) is 0 Å². The van der Waals surface area contributed by atoms with Gasteiger partial charge in [-0.2, -0.15) is 0 Å². The van der Waals surface area contributed by atoms with Crippen molar-refractivity contribution in [2.75, 3.05) is 0 Å². The Morgan fingerprint density at radius 3 is 3.00 bits per heavy atom. The molecule has 0 bridgehead atoms. The lowest BCUT2D eigenvalue weighted by Crippen LogP contribution is -2.04. The first-order chi connectivity index (χ1) is 5.75. The number of carbonyl (C=O) groups excluding carboxylic acids is 1. The number of Topliss-reactive ketones (excluding diaryl/α,β-unsaturated/α-hetero) is 1. The molecule has 0 aliphatic carbocycles. The van der Waals surface area contributed by atoms with E-state index in [4.69, 9.17) is 0 Å². The van der Waals surface area contributed by atoms with Crippen LogP contribution in [-0.2, 0) is 6.54 Å². The van der Waals surface area contributed by atoms with Crippen LogP contribution in [0.3, 0.4) is 0 Å². The summed E-state index contributed by atoms with van der Waals surface area (Å²) in [5, 5.41) is 0. The fraction of sp³-hybridized carbons (Fsp3) is 0.300. The Kier molecular flexibility index (Phi) is 2.71. The minimum Gasteiger partial charge on any atom is -0.333 e. The maximum Gasteiger partial charge on any atom is 0.176 e. The first-order valence-corrected chi connectivity index (χ1v) is 3.81. The standard InChI is InChI=1S/C10H11NO/c1-3-4-7-11-8-5-6-10(11)9(2)12/h5-6,8H,7H2,1-2H3. The Balaban J connectivity index is 2.89. The number of ketones is 1. The van der Waals surface area contributed by atoms with Gasteiger partial charge in [0.05, 0.1) is 12.2 Å². The van der Waals surface area contributed by atoms with Crippen LogP contribution < -0.4 is 0 Å². The van der Waals surface area contributed by atoms with Crippen molar-refractivity contribution in [1.29, 1.82) is 0 Å². The average molecular weight is 161 g/mol. The SMILES string of the molecule is CC#CCn1cccc1C(C)=O.